The summed E-state index contributed by atoms with van der Waals surface area (Å²) >= 11 is 0. The second kappa shape index (κ2) is 8.51. The zero-order chi connectivity index (χ0) is 20.1. The molecule has 0 atom stereocenters. The number of ether oxygens (including phenoxy) is 2. The van der Waals surface area contributed by atoms with E-state index in [1.807, 2.05) is 24.3 Å². The SMILES string of the molecule is C=CCc1ccc(OCCCn2c(C(C)(C)C)nc3ccccc32)c(OC)c1. The summed E-state index contributed by atoms with van der Waals surface area (Å²) in [7, 11) is 1.67. The largest absolute Gasteiger partial charge is 0.493 e. The predicted molar refractivity (Wildman–Crippen MR) is 115 cm³/mol. The third-order valence-electron chi connectivity index (χ3n) is 4.72. The minimum atomic E-state index is -0.00984. The van der Waals surface area contributed by atoms with Crippen LogP contribution in [0.5, 0.6) is 11.5 Å². The maximum Gasteiger partial charge on any atom is 0.161 e. The third-order valence-corrected chi connectivity index (χ3v) is 4.72. The van der Waals surface area contributed by atoms with Crippen molar-refractivity contribution in [3.8, 4) is 11.5 Å². The van der Waals surface area contributed by atoms with Gasteiger partial charge in [0.05, 0.1) is 24.8 Å². The monoisotopic (exact) mass is 378 g/mol. The van der Waals surface area contributed by atoms with Gasteiger partial charge in [-0.2, -0.15) is 0 Å². The number of imidazole rings is 1. The fraction of sp³-hybridized carbons (Fsp3) is 0.375. The van der Waals surface area contributed by atoms with E-state index in [-0.39, 0.29) is 5.41 Å². The van der Waals surface area contributed by atoms with Gasteiger partial charge in [0, 0.05) is 12.0 Å². The van der Waals surface area contributed by atoms with Crippen molar-refractivity contribution in [3.05, 3.63) is 66.5 Å². The maximum absolute atomic E-state index is 6.01. The highest BCUT2D eigenvalue weighted by Gasteiger charge is 2.22. The summed E-state index contributed by atoms with van der Waals surface area (Å²) in [6.45, 7) is 11.9. The van der Waals surface area contributed by atoms with Gasteiger partial charge in [0.1, 0.15) is 5.82 Å². The molecule has 1 heterocycles. The summed E-state index contributed by atoms with van der Waals surface area (Å²) < 4.78 is 13.8. The van der Waals surface area contributed by atoms with Crippen LogP contribution in [0.3, 0.4) is 0 Å². The second-order valence-electron chi connectivity index (χ2n) is 8.01. The van der Waals surface area contributed by atoms with Crippen LogP contribution < -0.4 is 9.47 Å². The van der Waals surface area contributed by atoms with Gasteiger partial charge in [0.2, 0.25) is 0 Å². The minimum Gasteiger partial charge on any atom is -0.493 e. The van der Waals surface area contributed by atoms with Crippen LogP contribution in [-0.2, 0) is 18.4 Å². The number of allylic oxidation sites excluding steroid dienone is 1. The number of nitrogens with zero attached hydrogens (tertiary/aromatic N) is 2. The van der Waals surface area contributed by atoms with Gasteiger partial charge in [-0.3, -0.25) is 0 Å². The number of para-hydroxylation sites is 2. The zero-order valence-corrected chi connectivity index (χ0v) is 17.4. The Morgan fingerprint density at radius 1 is 1.11 bits per heavy atom. The fourth-order valence-corrected chi connectivity index (χ4v) is 3.40. The van der Waals surface area contributed by atoms with E-state index in [1.165, 1.54) is 11.1 Å². The molecule has 2 aromatic carbocycles. The summed E-state index contributed by atoms with van der Waals surface area (Å²) in [4.78, 5) is 4.87. The molecule has 0 saturated carbocycles. The molecule has 4 nitrogen and oxygen atoms in total. The van der Waals surface area contributed by atoms with Crippen molar-refractivity contribution < 1.29 is 9.47 Å². The molecule has 0 unspecified atom stereocenters. The highest BCUT2D eigenvalue weighted by Crippen LogP contribution is 2.29. The van der Waals surface area contributed by atoms with Crippen molar-refractivity contribution in [1.29, 1.82) is 0 Å². The first-order valence-corrected chi connectivity index (χ1v) is 9.80. The molecule has 0 fully saturated rings. The van der Waals surface area contributed by atoms with Gasteiger partial charge in [0.25, 0.3) is 0 Å². The lowest BCUT2D eigenvalue weighted by Gasteiger charge is -2.20. The topological polar surface area (TPSA) is 36.3 Å². The van der Waals surface area contributed by atoms with E-state index < -0.39 is 0 Å². The normalized spacial score (nSPS) is 11.6. The Labute approximate surface area is 167 Å². The summed E-state index contributed by atoms with van der Waals surface area (Å²) in [5.74, 6) is 2.66. The molecular formula is C24H30N2O2. The molecule has 0 saturated heterocycles. The Kier molecular flexibility index (Phi) is 6.08. The van der Waals surface area contributed by atoms with E-state index >= 15 is 0 Å². The molecule has 0 aliphatic heterocycles. The first kappa shape index (κ1) is 20.0. The summed E-state index contributed by atoms with van der Waals surface area (Å²) in [6.07, 6.45) is 3.60. The van der Waals surface area contributed by atoms with Gasteiger partial charge in [-0.05, 0) is 42.7 Å². The molecule has 3 aromatic rings. The summed E-state index contributed by atoms with van der Waals surface area (Å²) in [6, 6.07) is 14.4. The number of methoxy groups -OCH3 is 1. The smallest absolute Gasteiger partial charge is 0.161 e. The first-order chi connectivity index (χ1) is 13.4. The number of hydrogen-bond acceptors (Lipinski definition) is 3. The van der Waals surface area contributed by atoms with Crippen molar-refractivity contribution in [2.75, 3.05) is 13.7 Å². The van der Waals surface area contributed by atoms with E-state index in [0.29, 0.717) is 6.61 Å². The molecular weight excluding hydrogens is 348 g/mol. The van der Waals surface area contributed by atoms with Crippen molar-refractivity contribution in [2.45, 2.75) is 45.6 Å². The number of aromatic nitrogens is 2. The molecule has 0 radical (unpaired) electrons. The lowest BCUT2D eigenvalue weighted by molar-refractivity contribution is 0.281. The maximum atomic E-state index is 6.01. The molecule has 4 heteroatoms. The average molecular weight is 379 g/mol. The van der Waals surface area contributed by atoms with Crippen LogP contribution in [0.1, 0.15) is 38.6 Å². The van der Waals surface area contributed by atoms with E-state index in [0.717, 1.165) is 42.2 Å². The Morgan fingerprint density at radius 2 is 1.89 bits per heavy atom. The minimum absolute atomic E-state index is 0.00984. The Morgan fingerprint density at radius 3 is 2.61 bits per heavy atom. The molecule has 0 aliphatic rings. The molecule has 0 aliphatic carbocycles. The van der Waals surface area contributed by atoms with Crippen LogP contribution in [0.15, 0.2) is 55.1 Å². The molecule has 0 N–H and O–H groups in total. The van der Waals surface area contributed by atoms with Crippen molar-refractivity contribution in [1.82, 2.24) is 9.55 Å². The molecule has 0 bridgehead atoms. The lowest BCUT2D eigenvalue weighted by Crippen LogP contribution is -2.19. The van der Waals surface area contributed by atoms with Crippen molar-refractivity contribution >= 4 is 11.0 Å². The van der Waals surface area contributed by atoms with Crippen LogP contribution in [0.25, 0.3) is 11.0 Å². The number of hydrogen-bond donors (Lipinski definition) is 0. The van der Waals surface area contributed by atoms with Crippen LogP contribution in [0.2, 0.25) is 0 Å². The van der Waals surface area contributed by atoms with E-state index in [9.17, 15) is 0 Å². The third kappa shape index (κ3) is 4.38. The van der Waals surface area contributed by atoms with Gasteiger partial charge < -0.3 is 14.0 Å². The second-order valence-corrected chi connectivity index (χ2v) is 8.01. The summed E-state index contributed by atoms with van der Waals surface area (Å²) in [5.41, 5.74) is 3.38. The number of benzene rings is 2. The molecule has 148 valence electrons. The van der Waals surface area contributed by atoms with Crippen LogP contribution in [-0.4, -0.2) is 23.3 Å². The number of rotatable bonds is 8. The lowest BCUT2D eigenvalue weighted by atomic mass is 9.95. The van der Waals surface area contributed by atoms with Crippen LogP contribution in [0.4, 0.5) is 0 Å². The van der Waals surface area contributed by atoms with Crippen molar-refractivity contribution in [2.24, 2.45) is 0 Å². The summed E-state index contributed by atoms with van der Waals surface area (Å²) in [5, 5.41) is 0. The number of aryl methyl sites for hydroxylation is 1. The fourth-order valence-electron chi connectivity index (χ4n) is 3.40. The van der Waals surface area contributed by atoms with Gasteiger partial charge in [-0.15, -0.1) is 6.58 Å². The van der Waals surface area contributed by atoms with Gasteiger partial charge in [0.15, 0.2) is 11.5 Å². The number of fused-ring (bicyclic) bond motifs is 1. The Bertz CT molecular complexity index is 951. The first-order valence-electron chi connectivity index (χ1n) is 9.80. The Balaban J connectivity index is 1.70. The van der Waals surface area contributed by atoms with Crippen LogP contribution in [0, 0.1) is 0 Å². The van der Waals surface area contributed by atoms with Crippen LogP contribution >= 0.6 is 0 Å². The molecule has 0 spiro atoms. The van der Waals surface area contributed by atoms with Gasteiger partial charge >= 0.3 is 0 Å². The Hall–Kier alpha value is -2.75. The molecule has 0 amide bonds. The zero-order valence-electron chi connectivity index (χ0n) is 17.4. The van der Waals surface area contributed by atoms with Crippen molar-refractivity contribution in [3.63, 3.8) is 0 Å². The molecule has 1 aromatic heterocycles. The highest BCUT2D eigenvalue weighted by atomic mass is 16.5. The van der Waals surface area contributed by atoms with E-state index in [1.54, 1.807) is 7.11 Å². The predicted octanol–water partition coefficient (Wildman–Crippen LogP) is 5.54. The quantitative estimate of drug-likeness (QED) is 0.381. The van der Waals surface area contributed by atoms with E-state index in [4.69, 9.17) is 14.5 Å². The highest BCUT2D eigenvalue weighted by molar-refractivity contribution is 5.76. The van der Waals surface area contributed by atoms with Gasteiger partial charge in [-0.1, -0.05) is 45.0 Å². The standard InChI is InChI=1S/C24H30N2O2/c1-6-10-18-13-14-21(22(17-18)27-5)28-16-9-15-26-20-12-8-7-11-19(20)25-23(26)24(2,3)4/h6-8,11-14,17H,1,9-10,15-16H2,2-5H3. The molecule has 3 rings (SSSR count). The average Bonchev–Trinajstić information content (AvgIpc) is 3.05. The van der Waals surface area contributed by atoms with E-state index in [2.05, 4.69) is 56.2 Å². The molecule has 28 heavy (non-hydrogen) atoms. The van der Waals surface area contributed by atoms with Gasteiger partial charge in [-0.25, -0.2) is 4.98 Å².